The Morgan fingerprint density at radius 2 is 1.82 bits per heavy atom. The molecule has 0 saturated heterocycles. The molecule has 0 spiro atoms. The smallest absolute Gasteiger partial charge is 0.272 e. The molecular formula is C17H22N4O. The summed E-state index contributed by atoms with van der Waals surface area (Å²) in [5.41, 5.74) is 2.60. The fourth-order valence-electron chi connectivity index (χ4n) is 2.24. The van der Waals surface area contributed by atoms with Crippen LogP contribution >= 0.6 is 0 Å². The number of aromatic nitrogens is 2. The first-order valence-corrected chi connectivity index (χ1v) is 7.57. The molecule has 1 amide bonds. The lowest BCUT2D eigenvalue weighted by atomic mass is 10.1. The lowest BCUT2D eigenvalue weighted by Crippen LogP contribution is -2.26. The van der Waals surface area contributed by atoms with Gasteiger partial charge in [-0.15, -0.1) is 10.2 Å². The number of amides is 1. The Balaban J connectivity index is 2.00. The van der Waals surface area contributed by atoms with Crippen LogP contribution in [0.1, 0.15) is 35.5 Å². The summed E-state index contributed by atoms with van der Waals surface area (Å²) in [7, 11) is 0. The molecule has 0 aliphatic heterocycles. The number of carbonyl (C=O) groups is 1. The number of anilines is 1. The summed E-state index contributed by atoms with van der Waals surface area (Å²) in [6, 6.07) is 11.5. The number of carbonyl (C=O) groups excluding carboxylic acids is 1. The van der Waals surface area contributed by atoms with Gasteiger partial charge in [-0.2, -0.15) is 0 Å². The standard InChI is InChI=1S/C17H22N4O/c1-4-21(5-2)16-11-10-15(19-20-16)17(22)18-12-14-9-7-6-8-13(14)3/h6-11H,4-5,12H2,1-3H3,(H,18,22). The number of nitrogens with one attached hydrogen (secondary N) is 1. The van der Waals surface area contributed by atoms with Crippen molar-refractivity contribution in [1.29, 1.82) is 0 Å². The van der Waals surface area contributed by atoms with Gasteiger partial charge in [-0.25, -0.2) is 0 Å². The second-order valence-electron chi connectivity index (χ2n) is 5.06. The molecule has 0 atom stereocenters. The Morgan fingerprint density at radius 1 is 1.09 bits per heavy atom. The monoisotopic (exact) mass is 298 g/mol. The largest absolute Gasteiger partial charge is 0.356 e. The van der Waals surface area contributed by atoms with Crippen molar-refractivity contribution in [3.05, 3.63) is 53.2 Å². The van der Waals surface area contributed by atoms with Crippen LogP contribution in [-0.4, -0.2) is 29.2 Å². The minimum Gasteiger partial charge on any atom is -0.356 e. The third-order valence-electron chi connectivity index (χ3n) is 3.67. The number of hydrogen-bond acceptors (Lipinski definition) is 4. The predicted octanol–water partition coefficient (Wildman–Crippen LogP) is 2.56. The first-order chi connectivity index (χ1) is 10.7. The van der Waals surface area contributed by atoms with Gasteiger partial charge in [-0.1, -0.05) is 24.3 Å². The zero-order chi connectivity index (χ0) is 15.9. The minimum absolute atomic E-state index is 0.207. The molecule has 0 aliphatic carbocycles. The van der Waals surface area contributed by atoms with Crippen LogP contribution in [0, 0.1) is 6.92 Å². The third kappa shape index (κ3) is 3.81. The summed E-state index contributed by atoms with van der Waals surface area (Å²) in [4.78, 5) is 14.2. The van der Waals surface area contributed by atoms with E-state index in [2.05, 4.69) is 34.3 Å². The molecule has 1 aromatic heterocycles. The van der Waals surface area contributed by atoms with Crippen molar-refractivity contribution in [1.82, 2.24) is 15.5 Å². The second kappa shape index (κ2) is 7.54. The van der Waals surface area contributed by atoms with Crippen molar-refractivity contribution in [3.8, 4) is 0 Å². The second-order valence-corrected chi connectivity index (χ2v) is 5.06. The van der Waals surface area contributed by atoms with E-state index in [4.69, 9.17) is 0 Å². The zero-order valence-electron chi connectivity index (χ0n) is 13.3. The molecule has 0 aliphatic rings. The van der Waals surface area contributed by atoms with Gasteiger partial charge in [0.05, 0.1) is 0 Å². The van der Waals surface area contributed by atoms with E-state index < -0.39 is 0 Å². The van der Waals surface area contributed by atoms with E-state index in [0.717, 1.165) is 30.0 Å². The maximum atomic E-state index is 12.1. The highest BCUT2D eigenvalue weighted by Gasteiger charge is 2.10. The summed E-state index contributed by atoms with van der Waals surface area (Å²) >= 11 is 0. The van der Waals surface area contributed by atoms with Crippen molar-refractivity contribution in [2.24, 2.45) is 0 Å². The van der Waals surface area contributed by atoms with E-state index in [-0.39, 0.29) is 5.91 Å². The lowest BCUT2D eigenvalue weighted by Gasteiger charge is -2.18. The van der Waals surface area contributed by atoms with Crippen LogP contribution < -0.4 is 10.2 Å². The van der Waals surface area contributed by atoms with Gasteiger partial charge in [0.1, 0.15) is 0 Å². The average molecular weight is 298 g/mol. The molecule has 22 heavy (non-hydrogen) atoms. The predicted molar refractivity (Wildman–Crippen MR) is 87.9 cm³/mol. The van der Waals surface area contributed by atoms with E-state index in [1.807, 2.05) is 37.3 Å². The van der Waals surface area contributed by atoms with Gasteiger partial charge in [0.2, 0.25) is 0 Å². The Bertz CT molecular complexity index is 621. The van der Waals surface area contributed by atoms with E-state index in [0.29, 0.717) is 12.2 Å². The Hall–Kier alpha value is -2.43. The van der Waals surface area contributed by atoms with Crippen LogP contribution in [0.15, 0.2) is 36.4 Å². The van der Waals surface area contributed by atoms with Crippen LogP contribution in [0.25, 0.3) is 0 Å². The molecule has 0 unspecified atom stereocenters. The summed E-state index contributed by atoms with van der Waals surface area (Å²) in [6.07, 6.45) is 0. The summed E-state index contributed by atoms with van der Waals surface area (Å²) in [5, 5.41) is 11.0. The molecule has 116 valence electrons. The number of benzene rings is 1. The molecule has 0 fully saturated rings. The molecule has 1 heterocycles. The summed E-state index contributed by atoms with van der Waals surface area (Å²) in [5.74, 6) is 0.585. The molecule has 0 bridgehead atoms. The van der Waals surface area contributed by atoms with Gasteiger partial charge in [0.25, 0.3) is 5.91 Å². The first kappa shape index (κ1) is 15.9. The van der Waals surface area contributed by atoms with Crippen molar-refractivity contribution in [2.75, 3.05) is 18.0 Å². The Labute approximate surface area is 131 Å². The van der Waals surface area contributed by atoms with Gasteiger partial charge < -0.3 is 10.2 Å². The van der Waals surface area contributed by atoms with E-state index >= 15 is 0 Å². The van der Waals surface area contributed by atoms with Crippen LogP contribution in [0.5, 0.6) is 0 Å². The SMILES string of the molecule is CCN(CC)c1ccc(C(=O)NCc2ccccc2C)nn1. The molecule has 0 radical (unpaired) electrons. The van der Waals surface area contributed by atoms with Crippen molar-refractivity contribution < 1.29 is 4.79 Å². The maximum Gasteiger partial charge on any atom is 0.272 e. The molecule has 5 heteroatoms. The van der Waals surface area contributed by atoms with Gasteiger partial charge in [0.15, 0.2) is 11.5 Å². The normalized spacial score (nSPS) is 10.3. The van der Waals surface area contributed by atoms with Gasteiger partial charge in [-0.3, -0.25) is 4.79 Å². The molecule has 0 saturated carbocycles. The third-order valence-corrected chi connectivity index (χ3v) is 3.67. The molecule has 5 nitrogen and oxygen atoms in total. The number of aryl methyl sites for hydroxylation is 1. The van der Waals surface area contributed by atoms with Crippen molar-refractivity contribution >= 4 is 11.7 Å². The van der Waals surface area contributed by atoms with Crippen molar-refractivity contribution in [3.63, 3.8) is 0 Å². The van der Waals surface area contributed by atoms with Crippen molar-refractivity contribution in [2.45, 2.75) is 27.3 Å². The Kier molecular flexibility index (Phi) is 5.47. The van der Waals surface area contributed by atoms with Crippen LogP contribution in [0.4, 0.5) is 5.82 Å². The number of nitrogens with zero attached hydrogens (tertiary/aromatic N) is 3. The van der Waals surface area contributed by atoms with E-state index in [1.54, 1.807) is 6.07 Å². The summed E-state index contributed by atoms with van der Waals surface area (Å²) in [6.45, 7) is 8.38. The highest BCUT2D eigenvalue weighted by molar-refractivity contribution is 5.92. The number of hydrogen-bond donors (Lipinski definition) is 1. The lowest BCUT2D eigenvalue weighted by molar-refractivity contribution is 0.0945. The Morgan fingerprint density at radius 3 is 2.41 bits per heavy atom. The average Bonchev–Trinajstić information content (AvgIpc) is 2.55. The first-order valence-electron chi connectivity index (χ1n) is 7.57. The highest BCUT2D eigenvalue weighted by Crippen LogP contribution is 2.09. The summed E-state index contributed by atoms with van der Waals surface area (Å²) < 4.78 is 0. The highest BCUT2D eigenvalue weighted by atomic mass is 16.1. The molecule has 2 aromatic rings. The van der Waals surface area contributed by atoms with E-state index in [9.17, 15) is 4.79 Å². The van der Waals surface area contributed by atoms with Crippen LogP contribution in [0.3, 0.4) is 0 Å². The topological polar surface area (TPSA) is 58.1 Å². The van der Waals surface area contributed by atoms with Gasteiger partial charge in [-0.05, 0) is 44.0 Å². The van der Waals surface area contributed by atoms with Crippen LogP contribution in [0.2, 0.25) is 0 Å². The molecule has 1 N–H and O–H groups in total. The van der Waals surface area contributed by atoms with Gasteiger partial charge in [0, 0.05) is 19.6 Å². The molecule has 1 aromatic carbocycles. The van der Waals surface area contributed by atoms with E-state index in [1.165, 1.54) is 0 Å². The van der Waals surface area contributed by atoms with Gasteiger partial charge >= 0.3 is 0 Å². The maximum absolute atomic E-state index is 12.1. The zero-order valence-corrected chi connectivity index (χ0v) is 13.3. The fourth-order valence-corrected chi connectivity index (χ4v) is 2.24. The number of rotatable bonds is 6. The van der Waals surface area contributed by atoms with Crippen LogP contribution in [-0.2, 0) is 6.54 Å². The minimum atomic E-state index is -0.207. The molecule has 2 rings (SSSR count). The molecular weight excluding hydrogens is 276 g/mol. The fraction of sp³-hybridized carbons (Fsp3) is 0.353. The quantitative estimate of drug-likeness (QED) is 0.890.